The van der Waals surface area contributed by atoms with Gasteiger partial charge in [0.25, 0.3) is 0 Å². The second-order valence-corrected chi connectivity index (χ2v) is 6.10. The average Bonchev–Trinajstić information content (AvgIpc) is 3.25. The van der Waals surface area contributed by atoms with Gasteiger partial charge < -0.3 is 5.73 Å². The Morgan fingerprint density at radius 2 is 2.11 bits per heavy atom. The van der Waals surface area contributed by atoms with E-state index in [-0.39, 0.29) is 16.9 Å². The lowest BCUT2D eigenvalue weighted by atomic mass is 9.84. The molecule has 3 rings (SSSR count). The standard InChI is InChI=1S/C15H20ClFN2/c16-13-5-1-4-12(14(13)17)15-10(9-18)3-2-8-19(15)11-6-7-11/h1,4-5,10-11,15H,2-3,6-9,18H2. The first-order valence-electron chi connectivity index (χ1n) is 7.12. The Bertz CT molecular complexity index is 461. The SMILES string of the molecule is NCC1CCCN(C2CC2)C1c1cccc(Cl)c1F. The Morgan fingerprint density at radius 3 is 2.79 bits per heavy atom. The first-order valence-corrected chi connectivity index (χ1v) is 7.50. The van der Waals surface area contributed by atoms with Crippen molar-refractivity contribution in [1.82, 2.24) is 4.90 Å². The van der Waals surface area contributed by atoms with Gasteiger partial charge in [0.15, 0.2) is 0 Å². The molecule has 1 saturated heterocycles. The first-order chi connectivity index (χ1) is 9.22. The Morgan fingerprint density at radius 1 is 1.32 bits per heavy atom. The molecule has 1 heterocycles. The molecular formula is C15H20ClFN2. The zero-order valence-corrected chi connectivity index (χ0v) is 11.7. The molecule has 4 heteroatoms. The normalized spacial score (nSPS) is 28.6. The minimum absolute atomic E-state index is 0.102. The van der Waals surface area contributed by atoms with E-state index in [2.05, 4.69) is 4.90 Å². The molecular weight excluding hydrogens is 263 g/mol. The molecule has 2 atom stereocenters. The number of likely N-dealkylation sites (tertiary alicyclic amines) is 1. The molecule has 1 aromatic rings. The van der Waals surface area contributed by atoms with Crippen molar-refractivity contribution in [3.63, 3.8) is 0 Å². The third-order valence-corrected chi connectivity index (χ3v) is 4.71. The van der Waals surface area contributed by atoms with Gasteiger partial charge in [-0.3, -0.25) is 4.90 Å². The summed E-state index contributed by atoms with van der Waals surface area (Å²) in [6.45, 7) is 1.66. The molecule has 0 spiro atoms. The summed E-state index contributed by atoms with van der Waals surface area (Å²) in [5.74, 6) is 0.0717. The third-order valence-electron chi connectivity index (χ3n) is 4.41. The number of nitrogens with zero attached hydrogens (tertiary/aromatic N) is 1. The summed E-state index contributed by atoms with van der Waals surface area (Å²) in [4.78, 5) is 2.45. The largest absolute Gasteiger partial charge is 0.330 e. The van der Waals surface area contributed by atoms with E-state index in [0.717, 1.165) is 24.9 Å². The van der Waals surface area contributed by atoms with Gasteiger partial charge in [-0.05, 0) is 50.8 Å². The van der Waals surface area contributed by atoms with Crippen LogP contribution in [0.5, 0.6) is 0 Å². The van der Waals surface area contributed by atoms with Gasteiger partial charge in [-0.15, -0.1) is 0 Å². The fourth-order valence-electron chi connectivity index (χ4n) is 3.35. The van der Waals surface area contributed by atoms with E-state index >= 15 is 0 Å². The molecule has 2 N–H and O–H groups in total. The van der Waals surface area contributed by atoms with Gasteiger partial charge in [-0.1, -0.05) is 23.7 Å². The van der Waals surface area contributed by atoms with Crippen LogP contribution in [0.15, 0.2) is 18.2 Å². The van der Waals surface area contributed by atoms with Crippen LogP contribution >= 0.6 is 11.6 Å². The van der Waals surface area contributed by atoms with Crippen molar-refractivity contribution in [2.45, 2.75) is 37.8 Å². The van der Waals surface area contributed by atoms with Crippen molar-refractivity contribution in [1.29, 1.82) is 0 Å². The molecule has 0 bridgehead atoms. The van der Waals surface area contributed by atoms with Crippen molar-refractivity contribution >= 4 is 11.6 Å². The predicted molar refractivity (Wildman–Crippen MR) is 75.7 cm³/mol. The maximum Gasteiger partial charge on any atom is 0.146 e. The van der Waals surface area contributed by atoms with Gasteiger partial charge in [-0.2, -0.15) is 0 Å². The van der Waals surface area contributed by atoms with Gasteiger partial charge in [0.2, 0.25) is 0 Å². The van der Waals surface area contributed by atoms with Crippen LogP contribution in [0.1, 0.15) is 37.3 Å². The molecule has 2 unspecified atom stereocenters. The summed E-state index contributed by atoms with van der Waals surface area (Å²) >= 11 is 5.94. The first kappa shape index (κ1) is 13.3. The summed E-state index contributed by atoms with van der Waals surface area (Å²) in [5, 5.41) is 0.217. The topological polar surface area (TPSA) is 29.3 Å². The molecule has 104 valence electrons. The van der Waals surface area contributed by atoms with Crippen LogP contribution in [0.25, 0.3) is 0 Å². The number of halogens is 2. The van der Waals surface area contributed by atoms with Crippen LogP contribution in [0, 0.1) is 11.7 Å². The lowest BCUT2D eigenvalue weighted by molar-refractivity contribution is 0.0853. The quantitative estimate of drug-likeness (QED) is 0.921. The molecule has 19 heavy (non-hydrogen) atoms. The fraction of sp³-hybridized carbons (Fsp3) is 0.600. The lowest BCUT2D eigenvalue weighted by Gasteiger charge is -2.41. The van der Waals surface area contributed by atoms with Crippen molar-refractivity contribution in [2.75, 3.05) is 13.1 Å². The average molecular weight is 283 g/mol. The van der Waals surface area contributed by atoms with Gasteiger partial charge >= 0.3 is 0 Å². The van der Waals surface area contributed by atoms with Crippen LogP contribution < -0.4 is 5.73 Å². The van der Waals surface area contributed by atoms with E-state index in [0.29, 0.717) is 18.5 Å². The molecule has 2 nitrogen and oxygen atoms in total. The van der Waals surface area contributed by atoms with Crippen molar-refractivity contribution in [3.05, 3.63) is 34.6 Å². The summed E-state index contributed by atoms with van der Waals surface area (Å²) in [7, 11) is 0. The number of rotatable bonds is 3. The van der Waals surface area contributed by atoms with Crippen LogP contribution in [-0.4, -0.2) is 24.0 Å². The van der Waals surface area contributed by atoms with Crippen LogP contribution in [0.2, 0.25) is 5.02 Å². The van der Waals surface area contributed by atoms with E-state index in [1.54, 1.807) is 6.07 Å². The van der Waals surface area contributed by atoms with Crippen LogP contribution in [0.4, 0.5) is 4.39 Å². The molecule has 1 aromatic carbocycles. The number of piperidine rings is 1. The van der Waals surface area contributed by atoms with Gasteiger partial charge in [0, 0.05) is 17.6 Å². The van der Waals surface area contributed by atoms with E-state index in [4.69, 9.17) is 17.3 Å². The molecule has 1 aliphatic heterocycles. The summed E-state index contributed by atoms with van der Waals surface area (Å²) in [6, 6.07) is 6.05. The predicted octanol–water partition coefficient (Wildman–Crippen LogP) is 3.35. The zero-order chi connectivity index (χ0) is 13.4. The minimum Gasteiger partial charge on any atom is -0.330 e. The molecule has 0 amide bonds. The number of hydrogen-bond acceptors (Lipinski definition) is 2. The number of hydrogen-bond donors (Lipinski definition) is 1. The maximum atomic E-state index is 14.4. The minimum atomic E-state index is -0.264. The molecule has 0 radical (unpaired) electrons. The molecule has 1 aliphatic carbocycles. The van der Waals surface area contributed by atoms with E-state index in [9.17, 15) is 4.39 Å². The molecule has 0 aromatic heterocycles. The Balaban J connectivity index is 1.98. The zero-order valence-electron chi connectivity index (χ0n) is 11.0. The third kappa shape index (κ3) is 2.51. The monoisotopic (exact) mass is 282 g/mol. The Hall–Kier alpha value is -0.640. The van der Waals surface area contributed by atoms with Crippen molar-refractivity contribution in [2.24, 2.45) is 11.7 Å². The molecule has 2 fully saturated rings. The number of benzene rings is 1. The lowest BCUT2D eigenvalue weighted by Crippen LogP contribution is -2.43. The second kappa shape index (κ2) is 5.39. The molecule has 2 aliphatic rings. The Labute approximate surface area is 118 Å². The summed E-state index contributed by atoms with van der Waals surface area (Å²) < 4.78 is 14.4. The molecule has 1 saturated carbocycles. The summed E-state index contributed by atoms with van der Waals surface area (Å²) in [5.41, 5.74) is 6.65. The highest BCUT2D eigenvalue weighted by molar-refractivity contribution is 6.30. The van der Waals surface area contributed by atoms with Gasteiger partial charge in [0.1, 0.15) is 5.82 Å². The van der Waals surface area contributed by atoms with E-state index in [1.165, 1.54) is 12.8 Å². The fourth-order valence-corrected chi connectivity index (χ4v) is 3.53. The van der Waals surface area contributed by atoms with Crippen molar-refractivity contribution in [3.8, 4) is 0 Å². The number of nitrogens with two attached hydrogens (primary N) is 1. The highest BCUT2D eigenvalue weighted by Gasteiger charge is 2.41. The van der Waals surface area contributed by atoms with E-state index < -0.39 is 0 Å². The second-order valence-electron chi connectivity index (χ2n) is 5.69. The summed E-state index contributed by atoms with van der Waals surface area (Å²) in [6.07, 6.45) is 4.71. The van der Waals surface area contributed by atoms with Crippen molar-refractivity contribution < 1.29 is 4.39 Å². The highest BCUT2D eigenvalue weighted by Crippen LogP contribution is 2.43. The smallest absolute Gasteiger partial charge is 0.146 e. The van der Waals surface area contributed by atoms with Crippen LogP contribution in [-0.2, 0) is 0 Å². The Kier molecular flexibility index (Phi) is 3.79. The van der Waals surface area contributed by atoms with Gasteiger partial charge in [0.05, 0.1) is 5.02 Å². The van der Waals surface area contributed by atoms with Crippen LogP contribution in [0.3, 0.4) is 0 Å². The van der Waals surface area contributed by atoms with E-state index in [1.807, 2.05) is 12.1 Å². The maximum absolute atomic E-state index is 14.4. The highest BCUT2D eigenvalue weighted by atomic mass is 35.5. The van der Waals surface area contributed by atoms with Gasteiger partial charge in [-0.25, -0.2) is 4.39 Å².